The lowest BCUT2D eigenvalue weighted by Crippen LogP contribution is -2.21. The van der Waals surface area contributed by atoms with Crippen molar-refractivity contribution >= 4 is 12.2 Å². The first-order valence-corrected chi connectivity index (χ1v) is 5.61. The van der Waals surface area contributed by atoms with E-state index in [9.17, 15) is 14.0 Å². The van der Waals surface area contributed by atoms with Gasteiger partial charge in [0.05, 0.1) is 16.8 Å². The van der Waals surface area contributed by atoms with Crippen LogP contribution in [0.15, 0.2) is 24.4 Å². The molecule has 1 aromatic carbocycles. The number of benzene rings is 1. The monoisotopic (exact) mass is 261 g/mol. The molecule has 0 aliphatic rings. The standard InChI is InChI=1S/C13H12FN3O2/c1-8-9(7-18)6-17(16-8)12-10(13(19)15-2)4-3-5-11(12)14/h3-7H,1-2H3,(H,15,19). The third-order valence-electron chi connectivity index (χ3n) is 2.75. The molecule has 0 aliphatic heterocycles. The van der Waals surface area contributed by atoms with Gasteiger partial charge in [0.2, 0.25) is 0 Å². The molecule has 2 aromatic rings. The minimum atomic E-state index is -0.582. The summed E-state index contributed by atoms with van der Waals surface area (Å²) < 4.78 is 15.2. The third-order valence-corrected chi connectivity index (χ3v) is 2.75. The number of aryl methyl sites for hydroxylation is 1. The average Bonchev–Trinajstić information content (AvgIpc) is 2.78. The van der Waals surface area contributed by atoms with E-state index in [2.05, 4.69) is 10.4 Å². The summed E-state index contributed by atoms with van der Waals surface area (Å²) in [6, 6.07) is 4.18. The van der Waals surface area contributed by atoms with Crippen molar-refractivity contribution in [2.45, 2.75) is 6.92 Å². The van der Waals surface area contributed by atoms with Crippen molar-refractivity contribution in [3.05, 3.63) is 47.0 Å². The highest BCUT2D eigenvalue weighted by atomic mass is 19.1. The van der Waals surface area contributed by atoms with Crippen molar-refractivity contribution in [2.75, 3.05) is 7.05 Å². The van der Waals surface area contributed by atoms with Crippen LogP contribution in [0.5, 0.6) is 0 Å². The van der Waals surface area contributed by atoms with E-state index in [1.54, 1.807) is 6.92 Å². The second-order valence-corrected chi connectivity index (χ2v) is 3.95. The zero-order valence-corrected chi connectivity index (χ0v) is 10.5. The van der Waals surface area contributed by atoms with Crippen LogP contribution in [-0.4, -0.2) is 29.0 Å². The Morgan fingerprint density at radius 2 is 2.21 bits per heavy atom. The number of hydrogen-bond acceptors (Lipinski definition) is 3. The van der Waals surface area contributed by atoms with Crippen molar-refractivity contribution in [1.82, 2.24) is 15.1 Å². The number of aldehydes is 1. The lowest BCUT2D eigenvalue weighted by atomic mass is 10.1. The van der Waals surface area contributed by atoms with Crippen LogP contribution in [0.1, 0.15) is 26.4 Å². The van der Waals surface area contributed by atoms with Gasteiger partial charge in [0.15, 0.2) is 6.29 Å². The summed E-state index contributed by atoms with van der Waals surface area (Å²) in [5.41, 5.74) is 1.01. The second kappa shape index (κ2) is 5.01. The molecule has 0 bridgehead atoms. The van der Waals surface area contributed by atoms with Crippen molar-refractivity contribution in [3.63, 3.8) is 0 Å². The molecule has 6 heteroatoms. The van der Waals surface area contributed by atoms with E-state index in [1.165, 1.54) is 36.1 Å². The Kier molecular flexibility index (Phi) is 3.41. The Hall–Kier alpha value is -2.50. The molecule has 2 rings (SSSR count). The van der Waals surface area contributed by atoms with Gasteiger partial charge in [-0.3, -0.25) is 9.59 Å². The fraction of sp³-hybridized carbons (Fsp3) is 0.154. The summed E-state index contributed by atoms with van der Waals surface area (Å²) in [6.07, 6.45) is 2.03. The summed E-state index contributed by atoms with van der Waals surface area (Å²) in [7, 11) is 1.46. The van der Waals surface area contributed by atoms with Crippen LogP contribution in [0.4, 0.5) is 4.39 Å². The van der Waals surface area contributed by atoms with E-state index >= 15 is 0 Å². The number of nitrogens with one attached hydrogen (secondary N) is 1. The van der Waals surface area contributed by atoms with Gasteiger partial charge in [0.25, 0.3) is 5.91 Å². The lowest BCUT2D eigenvalue weighted by Gasteiger charge is -2.09. The van der Waals surface area contributed by atoms with Crippen molar-refractivity contribution in [1.29, 1.82) is 0 Å². The molecule has 0 fully saturated rings. The molecule has 98 valence electrons. The number of carbonyl (C=O) groups is 2. The summed E-state index contributed by atoms with van der Waals surface area (Å²) in [5, 5.41) is 6.49. The normalized spacial score (nSPS) is 10.3. The van der Waals surface area contributed by atoms with Crippen molar-refractivity contribution in [3.8, 4) is 5.69 Å². The van der Waals surface area contributed by atoms with E-state index in [-0.39, 0.29) is 11.3 Å². The molecule has 0 spiro atoms. The van der Waals surface area contributed by atoms with Crippen LogP contribution in [0.2, 0.25) is 0 Å². The van der Waals surface area contributed by atoms with Crippen LogP contribution < -0.4 is 5.32 Å². The van der Waals surface area contributed by atoms with Gasteiger partial charge in [-0.2, -0.15) is 5.10 Å². The SMILES string of the molecule is CNC(=O)c1cccc(F)c1-n1cc(C=O)c(C)n1. The summed E-state index contributed by atoms with van der Waals surface area (Å²) in [6.45, 7) is 1.64. The maximum Gasteiger partial charge on any atom is 0.253 e. The fourth-order valence-corrected chi connectivity index (χ4v) is 1.77. The van der Waals surface area contributed by atoms with Gasteiger partial charge in [0.1, 0.15) is 11.5 Å². The first-order valence-electron chi connectivity index (χ1n) is 5.61. The average molecular weight is 261 g/mol. The molecule has 0 atom stereocenters. The molecular weight excluding hydrogens is 249 g/mol. The zero-order valence-electron chi connectivity index (χ0n) is 10.5. The van der Waals surface area contributed by atoms with Crippen LogP contribution in [-0.2, 0) is 0 Å². The predicted molar refractivity (Wildman–Crippen MR) is 67.0 cm³/mol. The maximum absolute atomic E-state index is 13.9. The number of halogens is 1. The van der Waals surface area contributed by atoms with Crippen LogP contribution >= 0.6 is 0 Å². The smallest absolute Gasteiger partial charge is 0.253 e. The Morgan fingerprint density at radius 1 is 1.47 bits per heavy atom. The van der Waals surface area contributed by atoms with E-state index in [4.69, 9.17) is 0 Å². The van der Waals surface area contributed by atoms with Crippen LogP contribution in [0.25, 0.3) is 5.69 Å². The van der Waals surface area contributed by atoms with Gasteiger partial charge in [-0.15, -0.1) is 0 Å². The molecule has 0 saturated heterocycles. The van der Waals surface area contributed by atoms with Gasteiger partial charge >= 0.3 is 0 Å². The Labute approximate surface area is 109 Å². The lowest BCUT2D eigenvalue weighted by molar-refractivity contribution is 0.0962. The molecule has 0 aliphatic carbocycles. The number of hydrogen-bond donors (Lipinski definition) is 1. The number of rotatable bonds is 3. The van der Waals surface area contributed by atoms with E-state index in [0.717, 1.165) is 0 Å². The number of carbonyl (C=O) groups excluding carboxylic acids is 2. The number of amides is 1. The Bertz CT molecular complexity index is 649. The van der Waals surface area contributed by atoms with Crippen molar-refractivity contribution in [2.24, 2.45) is 0 Å². The minimum absolute atomic E-state index is 0.0260. The topological polar surface area (TPSA) is 64.0 Å². The van der Waals surface area contributed by atoms with Crippen LogP contribution in [0, 0.1) is 12.7 Å². The van der Waals surface area contributed by atoms with Gasteiger partial charge in [-0.05, 0) is 19.1 Å². The quantitative estimate of drug-likeness (QED) is 0.851. The third kappa shape index (κ3) is 2.24. The highest BCUT2D eigenvalue weighted by molar-refractivity contribution is 5.97. The summed E-state index contributed by atoms with van der Waals surface area (Å²) in [5.74, 6) is -1.00. The van der Waals surface area contributed by atoms with E-state index in [0.29, 0.717) is 17.5 Å². The van der Waals surface area contributed by atoms with Gasteiger partial charge < -0.3 is 5.32 Å². The predicted octanol–water partition coefficient (Wildman–Crippen LogP) is 1.49. The second-order valence-electron chi connectivity index (χ2n) is 3.95. The first kappa shape index (κ1) is 12.9. The highest BCUT2D eigenvalue weighted by Gasteiger charge is 2.17. The van der Waals surface area contributed by atoms with Crippen LogP contribution in [0.3, 0.4) is 0 Å². The van der Waals surface area contributed by atoms with E-state index < -0.39 is 11.7 Å². The van der Waals surface area contributed by atoms with Gasteiger partial charge in [-0.25, -0.2) is 9.07 Å². The minimum Gasteiger partial charge on any atom is -0.355 e. The maximum atomic E-state index is 13.9. The molecule has 0 saturated carbocycles. The van der Waals surface area contributed by atoms with Gasteiger partial charge in [0, 0.05) is 13.2 Å². The molecule has 19 heavy (non-hydrogen) atoms. The zero-order chi connectivity index (χ0) is 14.0. The molecule has 0 unspecified atom stereocenters. The molecule has 1 amide bonds. The molecule has 0 radical (unpaired) electrons. The number of aromatic nitrogens is 2. The fourth-order valence-electron chi connectivity index (χ4n) is 1.77. The Balaban J connectivity index is 2.66. The Morgan fingerprint density at radius 3 is 2.79 bits per heavy atom. The highest BCUT2D eigenvalue weighted by Crippen LogP contribution is 2.19. The van der Waals surface area contributed by atoms with Crippen molar-refractivity contribution < 1.29 is 14.0 Å². The molecular formula is C13H12FN3O2. The summed E-state index contributed by atoms with van der Waals surface area (Å²) in [4.78, 5) is 22.5. The summed E-state index contributed by atoms with van der Waals surface area (Å²) >= 11 is 0. The van der Waals surface area contributed by atoms with Gasteiger partial charge in [-0.1, -0.05) is 6.07 Å². The molecule has 1 N–H and O–H groups in total. The first-order chi connectivity index (χ1) is 9.08. The largest absolute Gasteiger partial charge is 0.355 e. The number of para-hydroxylation sites is 1. The molecule has 1 aromatic heterocycles. The van der Waals surface area contributed by atoms with E-state index in [1.807, 2.05) is 0 Å². The number of nitrogens with zero attached hydrogens (tertiary/aromatic N) is 2. The molecule has 1 heterocycles. The molecule has 5 nitrogen and oxygen atoms in total.